The number of hydrogen-bond acceptors (Lipinski definition) is 5. The maximum atomic E-state index is 11.8. The number of esters is 1. The molecule has 0 saturated heterocycles. The molecule has 0 radical (unpaired) electrons. The highest BCUT2D eigenvalue weighted by Crippen LogP contribution is 2.22. The van der Waals surface area contributed by atoms with Gasteiger partial charge in [0.05, 0.1) is 12.3 Å². The van der Waals surface area contributed by atoms with Crippen LogP contribution in [-0.2, 0) is 16.6 Å². The summed E-state index contributed by atoms with van der Waals surface area (Å²) in [5.74, 6) is -0.122. The molecule has 0 fully saturated rings. The van der Waals surface area contributed by atoms with E-state index in [4.69, 9.17) is 4.74 Å². The number of aromatic nitrogens is 2. The minimum Gasteiger partial charge on any atom is -0.465 e. The lowest BCUT2D eigenvalue weighted by Crippen LogP contribution is -2.23. The molecule has 19 heavy (non-hydrogen) atoms. The molecule has 1 rings (SSSR count). The van der Waals surface area contributed by atoms with Gasteiger partial charge in [-0.1, -0.05) is 25.6 Å². The Morgan fingerprint density at radius 2 is 2.11 bits per heavy atom. The second-order valence-electron chi connectivity index (χ2n) is 4.53. The lowest BCUT2D eigenvalue weighted by Gasteiger charge is -2.14. The number of ether oxygens (including phenoxy) is 1. The molecule has 1 aromatic rings. The minimum absolute atomic E-state index is 0.114. The van der Waals surface area contributed by atoms with Gasteiger partial charge >= 0.3 is 5.97 Å². The van der Waals surface area contributed by atoms with Gasteiger partial charge in [0, 0.05) is 13.1 Å². The molecule has 0 saturated carbocycles. The van der Waals surface area contributed by atoms with Crippen LogP contribution in [0.4, 0.5) is 0 Å². The first-order valence-corrected chi connectivity index (χ1v) is 7.16. The van der Waals surface area contributed by atoms with Gasteiger partial charge in [-0.25, -0.2) is 4.98 Å². The quantitative estimate of drug-likeness (QED) is 0.470. The van der Waals surface area contributed by atoms with Crippen LogP contribution >= 0.6 is 11.8 Å². The zero-order valence-corrected chi connectivity index (χ0v) is 12.8. The van der Waals surface area contributed by atoms with Gasteiger partial charge in [-0.2, -0.15) is 0 Å². The monoisotopic (exact) mass is 284 g/mol. The van der Waals surface area contributed by atoms with Crippen molar-refractivity contribution in [3.8, 4) is 0 Å². The summed E-state index contributed by atoms with van der Waals surface area (Å²) in [6.07, 6.45) is 0. The molecular formula is C13H20N2O3S. The average molecular weight is 284 g/mol. The average Bonchev–Trinajstić information content (AvgIpc) is 2.34. The number of carbonyl (C=O) groups excluding carboxylic acids is 1. The maximum absolute atomic E-state index is 11.8. The van der Waals surface area contributed by atoms with Crippen molar-refractivity contribution in [2.45, 2.75) is 44.0 Å². The molecule has 0 amide bonds. The Morgan fingerprint density at radius 3 is 2.63 bits per heavy atom. The lowest BCUT2D eigenvalue weighted by molar-refractivity contribution is -0.142. The van der Waals surface area contributed by atoms with E-state index in [9.17, 15) is 9.59 Å². The van der Waals surface area contributed by atoms with Crippen molar-refractivity contribution in [1.29, 1.82) is 0 Å². The fraction of sp³-hybridized carbons (Fsp3) is 0.615. The second-order valence-corrected chi connectivity index (χ2v) is 5.84. The van der Waals surface area contributed by atoms with Gasteiger partial charge < -0.3 is 4.74 Å². The summed E-state index contributed by atoms with van der Waals surface area (Å²) < 4.78 is 6.40. The standard InChI is InChI=1S/C13H20N2O3S/c1-6-18-12(17)9(4)19-13-14-10(8(2)3)7-11(16)15(13)5/h7-9H,6H2,1-5H3/t9-/m0/s1. The molecule has 0 bridgehead atoms. The number of rotatable bonds is 5. The van der Waals surface area contributed by atoms with Crippen LogP contribution in [0, 0.1) is 0 Å². The molecular weight excluding hydrogens is 264 g/mol. The normalized spacial score (nSPS) is 12.5. The molecule has 0 aliphatic heterocycles. The van der Waals surface area contributed by atoms with Gasteiger partial charge in [0.25, 0.3) is 5.56 Å². The molecule has 0 spiro atoms. The number of carbonyl (C=O) groups is 1. The van der Waals surface area contributed by atoms with Crippen LogP contribution in [0.25, 0.3) is 0 Å². The molecule has 1 atom stereocenters. The van der Waals surface area contributed by atoms with Crippen molar-refractivity contribution in [2.24, 2.45) is 7.05 Å². The Hall–Kier alpha value is -1.30. The first-order valence-electron chi connectivity index (χ1n) is 6.28. The van der Waals surface area contributed by atoms with Gasteiger partial charge in [-0.05, 0) is 19.8 Å². The van der Waals surface area contributed by atoms with Crippen molar-refractivity contribution in [3.05, 3.63) is 22.1 Å². The van der Waals surface area contributed by atoms with Crippen LogP contribution in [0.3, 0.4) is 0 Å². The van der Waals surface area contributed by atoms with E-state index in [0.29, 0.717) is 11.8 Å². The fourth-order valence-electron chi connectivity index (χ4n) is 1.40. The molecule has 5 nitrogen and oxygen atoms in total. The third-order valence-corrected chi connectivity index (χ3v) is 3.73. The predicted octanol–water partition coefficient (Wildman–Crippen LogP) is 1.95. The Labute approximate surface area is 117 Å². The summed E-state index contributed by atoms with van der Waals surface area (Å²) in [7, 11) is 1.65. The largest absolute Gasteiger partial charge is 0.465 e. The molecule has 0 N–H and O–H groups in total. The summed E-state index contributed by atoms with van der Waals surface area (Å²) in [6, 6.07) is 1.53. The van der Waals surface area contributed by atoms with E-state index in [1.807, 2.05) is 13.8 Å². The summed E-state index contributed by atoms with van der Waals surface area (Å²) in [5, 5.41) is 0.150. The highest BCUT2D eigenvalue weighted by atomic mass is 32.2. The van der Waals surface area contributed by atoms with E-state index >= 15 is 0 Å². The fourth-order valence-corrected chi connectivity index (χ4v) is 2.29. The SMILES string of the molecule is CCOC(=O)[C@H](C)Sc1nc(C(C)C)cc(=O)n1C. The van der Waals surface area contributed by atoms with Crippen molar-refractivity contribution in [3.63, 3.8) is 0 Å². The maximum Gasteiger partial charge on any atom is 0.319 e. The number of nitrogens with zero attached hydrogens (tertiary/aromatic N) is 2. The van der Waals surface area contributed by atoms with E-state index in [1.165, 1.54) is 22.4 Å². The molecule has 0 aromatic carbocycles. The van der Waals surface area contributed by atoms with Gasteiger partial charge in [-0.3, -0.25) is 14.2 Å². The molecule has 1 aromatic heterocycles. The zero-order chi connectivity index (χ0) is 14.6. The van der Waals surface area contributed by atoms with Crippen molar-refractivity contribution >= 4 is 17.7 Å². The lowest BCUT2D eigenvalue weighted by atomic mass is 10.1. The zero-order valence-electron chi connectivity index (χ0n) is 12.0. The van der Waals surface area contributed by atoms with Crippen molar-refractivity contribution in [2.75, 3.05) is 6.61 Å². The van der Waals surface area contributed by atoms with Crippen LogP contribution in [0.1, 0.15) is 39.3 Å². The van der Waals surface area contributed by atoms with Crippen molar-refractivity contribution in [1.82, 2.24) is 9.55 Å². The molecule has 0 aliphatic carbocycles. The molecule has 106 valence electrons. The van der Waals surface area contributed by atoms with E-state index in [0.717, 1.165) is 5.69 Å². The summed E-state index contributed by atoms with van der Waals surface area (Å²) in [5.41, 5.74) is 0.624. The smallest absolute Gasteiger partial charge is 0.319 e. The highest BCUT2D eigenvalue weighted by molar-refractivity contribution is 8.00. The summed E-state index contributed by atoms with van der Waals surface area (Å²) >= 11 is 1.24. The second kappa shape index (κ2) is 6.75. The highest BCUT2D eigenvalue weighted by Gasteiger charge is 2.19. The van der Waals surface area contributed by atoms with Crippen LogP contribution in [-0.4, -0.2) is 27.4 Å². The Kier molecular flexibility index (Phi) is 5.60. The van der Waals surface area contributed by atoms with Crippen LogP contribution in [0.2, 0.25) is 0 Å². The van der Waals surface area contributed by atoms with Crippen LogP contribution in [0.15, 0.2) is 16.0 Å². The van der Waals surface area contributed by atoms with Gasteiger partial charge in [0.1, 0.15) is 5.25 Å². The van der Waals surface area contributed by atoms with Gasteiger partial charge in [0.15, 0.2) is 5.16 Å². The first kappa shape index (κ1) is 15.8. The summed E-state index contributed by atoms with van der Waals surface area (Å²) in [4.78, 5) is 27.9. The molecule has 6 heteroatoms. The summed E-state index contributed by atoms with van der Waals surface area (Å²) in [6.45, 7) is 7.82. The van der Waals surface area contributed by atoms with Gasteiger partial charge in [-0.15, -0.1) is 0 Å². The topological polar surface area (TPSA) is 61.2 Å². The van der Waals surface area contributed by atoms with Gasteiger partial charge in [0.2, 0.25) is 0 Å². The van der Waals surface area contributed by atoms with Crippen LogP contribution in [0.5, 0.6) is 0 Å². The Bertz CT molecular complexity index is 511. The third kappa shape index (κ3) is 4.09. The Morgan fingerprint density at radius 1 is 1.47 bits per heavy atom. The molecule has 0 unspecified atom stereocenters. The first-order chi connectivity index (χ1) is 8.86. The van der Waals surface area contributed by atoms with Crippen molar-refractivity contribution < 1.29 is 9.53 Å². The molecule has 0 aliphatic rings. The third-order valence-electron chi connectivity index (χ3n) is 2.61. The van der Waals surface area contributed by atoms with E-state index < -0.39 is 0 Å². The minimum atomic E-state index is -0.388. The van der Waals surface area contributed by atoms with E-state index in [2.05, 4.69) is 4.98 Å². The number of hydrogen-bond donors (Lipinski definition) is 0. The number of thioether (sulfide) groups is 1. The predicted molar refractivity (Wildman–Crippen MR) is 75.5 cm³/mol. The van der Waals surface area contributed by atoms with Crippen LogP contribution < -0.4 is 5.56 Å². The van der Waals surface area contributed by atoms with E-state index in [-0.39, 0.29) is 22.7 Å². The molecule has 1 heterocycles. The van der Waals surface area contributed by atoms with E-state index in [1.54, 1.807) is 20.9 Å². The Balaban J connectivity index is 3.00.